The van der Waals surface area contributed by atoms with Crippen LogP contribution in [0.2, 0.25) is 0 Å². The summed E-state index contributed by atoms with van der Waals surface area (Å²) in [4.78, 5) is 32.8. The van der Waals surface area contributed by atoms with E-state index in [-0.39, 0.29) is 10.6 Å². The number of aromatic nitrogens is 2. The van der Waals surface area contributed by atoms with E-state index in [1.165, 1.54) is 23.5 Å². The first-order valence-corrected chi connectivity index (χ1v) is 11.9. The smallest absolute Gasteiger partial charge is 0.321 e. The summed E-state index contributed by atoms with van der Waals surface area (Å²) in [7, 11) is -3.59. The fourth-order valence-electron chi connectivity index (χ4n) is 3.60. The summed E-state index contributed by atoms with van der Waals surface area (Å²) in [6.45, 7) is 2.40. The second kappa shape index (κ2) is 7.53. The van der Waals surface area contributed by atoms with Crippen LogP contribution in [0.4, 0.5) is 0 Å². The van der Waals surface area contributed by atoms with Crippen LogP contribution in [0.25, 0.3) is 20.8 Å². The highest BCUT2D eigenvalue weighted by Crippen LogP contribution is 2.32. The average molecular weight is 446 g/mol. The molecule has 1 aliphatic heterocycles. The van der Waals surface area contributed by atoms with Crippen LogP contribution in [0.5, 0.6) is 0 Å². The Hall–Kier alpha value is -2.69. The molecule has 2 atom stereocenters. The molecule has 4 rings (SSSR count). The number of hydrogen-bond acceptors (Lipinski definition) is 8. The highest BCUT2D eigenvalue weighted by molar-refractivity contribution is 7.90. The SMILES string of the molecule is Cc1ccc2c(=O)nc(-c3cc(S(C)(=O)=O)cc(C4CCN[C@@H]4C(=O)O)n3)sc2c1. The van der Waals surface area contributed by atoms with E-state index in [2.05, 4.69) is 15.3 Å². The van der Waals surface area contributed by atoms with Crippen molar-refractivity contribution < 1.29 is 18.3 Å². The van der Waals surface area contributed by atoms with Crippen LogP contribution in [-0.2, 0) is 14.6 Å². The van der Waals surface area contributed by atoms with Gasteiger partial charge in [-0.1, -0.05) is 6.07 Å². The summed E-state index contributed by atoms with van der Waals surface area (Å²) in [5.74, 6) is -1.50. The number of aryl methyl sites for hydroxylation is 1. The monoisotopic (exact) mass is 445 g/mol. The van der Waals surface area contributed by atoms with Gasteiger partial charge in [-0.15, -0.1) is 11.3 Å². The van der Waals surface area contributed by atoms with Gasteiger partial charge in [-0.05, 0) is 49.7 Å². The van der Waals surface area contributed by atoms with Gasteiger partial charge in [0.25, 0.3) is 5.56 Å². The predicted octanol–water partition coefficient (Wildman–Crippen LogP) is 1.96. The lowest BCUT2D eigenvalue weighted by molar-refractivity contribution is -0.139. The molecule has 10 heteroatoms. The Balaban J connectivity index is 1.93. The van der Waals surface area contributed by atoms with E-state index in [1.807, 2.05) is 19.1 Å². The van der Waals surface area contributed by atoms with E-state index in [1.54, 1.807) is 6.07 Å². The van der Waals surface area contributed by atoms with Crippen LogP contribution < -0.4 is 10.9 Å². The van der Waals surface area contributed by atoms with Crippen molar-refractivity contribution in [1.82, 2.24) is 15.3 Å². The van der Waals surface area contributed by atoms with Gasteiger partial charge in [-0.2, -0.15) is 4.98 Å². The molecule has 0 spiro atoms. The van der Waals surface area contributed by atoms with E-state index >= 15 is 0 Å². The molecular formula is C20H19N3O5S2. The molecule has 0 amide bonds. The Morgan fingerprint density at radius 3 is 2.70 bits per heavy atom. The summed E-state index contributed by atoms with van der Waals surface area (Å²) in [6.07, 6.45) is 1.59. The summed E-state index contributed by atoms with van der Waals surface area (Å²) in [5, 5.41) is 13.2. The first kappa shape index (κ1) is 20.6. The Bertz CT molecular complexity index is 1330. The zero-order chi connectivity index (χ0) is 21.6. The van der Waals surface area contributed by atoms with Gasteiger partial charge < -0.3 is 10.4 Å². The van der Waals surface area contributed by atoms with Gasteiger partial charge in [-0.25, -0.2) is 13.4 Å². The molecule has 156 valence electrons. The number of carboxylic acids is 1. The van der Waals surface area contributed by atoms with Gasteiger partial charge in [0.05, 0.1) is 10.3 Å². The maximum absolute atomic E-state index is 12.5. The fraction of sp³-hybridized carbons (Fsp3) is 0.300. The van der Waals surface area contributed by atoms with Crippen molar-refractivity contribution in [3.8, 4) is 10.7 Å². The predicted molar refractivity (Wildman–Crippen MR) is 114 cm³/mol. The number of sulfone groups is 1. The van der Waals surface area contributed by atoms with E-state index in [0.717, 1.165) is 16.5 Å². The Morgan fingerprint density at radius 2 is 2.00 bits per heavy atom. The van der Waals surface area contributed by atoms with Crippen molar-refractivity contribution in [2.24, 2.45) is 0 Å². The molecule has 8 nitrogen and oxygen atoms in total. The van der Waals surface area contributed by atoms with Gasteiger partial charge in [-0.3, -0.25) is 9.59 Å². The highest BCUT2D eigenvalue weighted by atomic mass is 32.2. The Labute approximate surface area is 176 Å². The largest absolute Gasteiger partial charge is 0.480 e. The molecule has 0 radical (unpaired) electrons. The number of pyridine rings is 1. The molecule has 3 aromatic rings. The van der Waals surface area contributed by atoms with Gasteiger partial charge in [0.1, 0.15) is 16.7 Å². The van der Waals surface area contributed by atoms with Crippen LogP contribution in [0.1, 0.15) is 23.6 Å². The van der Waals surface area contributed by atoms with Crippen molar-refractivity contribution in [2.45, 2.75) is 30.2 Å². The number of carbonyl (C=O) groups is 1. The second-order valence-electron chi connectivity index (χ2n) is 7.37. The standard InChI is InChI=1S/C20H19N3O5S2/c1-10-3-4-13-16(7-10)29-19(23-18(13)24)15-9-11(30(2,27)28)8-14(22-15)12-5-6-21-17(12)20(25)26/h3-4,7-9,12,17,21H,5-6H2,1-2H3,(H,25,26)/t12?,17-/m0/s1. The third kappa shape index (κ3) is 3.85. The van der Waals surface area contributed by atoms with Crippen LogP contribution in [0.3, 0.4) is 0 Å². The number of aliphatic carboxylic acids is 1. The minimum atomic E-state index is -3.59. The third-order valence-corrected chi connectivity index (χ3v) is 7.25. The topological polar surface area (TPSA) is 126 Å². The molecule has 0 saturated carbocycles. The minimum absolute atomic E-state index is 0.0179. The van der Waals surface area contributed by atoms with Gasteiger partial charge >= 0.3 is 5.97 Å². The molecule has 1 aliphatic rings. The number of carboxylic acid groups (broad SMARTS) is 1. The van der Waals surface area contributed by atoms with E-state index in [4.69, 9.17) is 0 Å². The molecule has 1 aromatic carbocycles. The normalized spacial score (nSPS) is 19.3. The van der Waals surface area contributed by atoms with Gasteiger partial charge in [0.15, 0.2) is 9.84 Å². The Kier molecular flexibility index (Phi) is 5.16. The van der Waals surface area contributed by atoms with Gasteiger partial charge in [0.2, 0.25) is 0 Å². The molecule has 1 fully saturated rings. The number of rotatable bonds is 4. The minimum Gasteiger partial charge on any atom is -0.480 e. The molecule has 0 aliphatic carbocycles. The first-order valence-electron chi connectivity index (χ1n) is 9.23. The molecule has 2 N–H and O–H groups in total. The van der Waals surface area contributed by atoms with Crippen LogP contribution in [0.15, 0.2) is 40.0 Å². The fourth-order valence-corrected chi connectivity index (χ4v) is 5.32. The molecule has 1 saturated heterocycles. The zero-order valence-electron chi connectivity index (χ0n) is 16.2. The number of benzene rings is 1. The molecule has 0 bridgehead atoms. The van der Waals surface area contributed by atoms with Crippen LogP contribution >= 0.6 is 11.3 Å². The van der Waals surface area contributed by atoms with E-state index in [9.17, 15) is 23.1 Å². The van der Waals surface area contributed by atoms with Crippen molar-refractivity contribution in [1.29, 1.82) is 0 Å². The lowest BCUT2D eigenvalue weighted by atomic mass is 9.96. The van der Waals surface area contributed by atoms with Gasteiger partial charge in [0, 0.05) is 22.6 Å². The molecule has 2 aromatic heterocycles. The summed E-state index contributed by atoms with van der Waals surface area (Å²) in [6, 6.07) is 7.36. The molecule has 3 heterocycles. The maximum Gasteiger partial charge on any atom is 0.321 e. The second-order valence-corrected chi connectivity index (χ2v) is 10.4. The summed E-state index contributed by atoms with van der Waals surface area (Å²) in [5.41, 5.74) is 1.17. The first-order chi connectivity index (χ1) is 14.1. The summed E-state index contributed by atoms with van der Waals surface area (Å²) >= 11 is 1.25. The molecular weight excluding hydrogens is 426 g/mol. The lowest BCUT2D eigenvalue weighted by Crippen LogP contribution is -2.34. The van der Waals surface area contributed by atoms with Crippen molar-refractivity contribution >= 4 is 37.2 Å². The van der Waals surface area contributed by atoms with E-state index < -0.39 is 33.3 Å². The van der Waals surface area contributed by atoms with E-state index in [0.29, 0.717) is 29.1 Å². The quantitative estimate of drug-likeness (QED) is 0.624. The number of hydrogen-bond donors (Lipinski definition) is 2. The zero-order valence-corrected chi connectivity index (χ0v) is 17.9. The molecule has 30 heavy (non-hydrogen) atoms. The van der Waals surface area contributed by atoms with Crippen molar-refractivity contribution in [3.63, 3.8) is 0 Å². The number of fused-ring (bicyclic) bond motifs is 1. The third-order valence-electron chi connectivity index (χ3n) is 5.11. The van der Waals surface area contributed by atoms with Crippen molar-refractivity contribution in [3.05, 3.63) is 51.9 Å². The maximum atomic E-state index is 12.5. The Morgan fingerprint density at radius 1 is 1.23 bits per heavy atom. The number of nitrogens with zero attached hydrogens (tertiary/aromatic N) is 2. The van der Waals surface area contributed by atoms with Crippen LogP contribution in [0, 0.1) is 6.92 Å². The lowest BCUT2D eigenvalue weighted by Gasteiger charge is -2.17. The highest BCUT2D eigenvalue weighted by Gasteiger charge is 2.35. The number of nitrogens with one attached hydrogen (secondary N) is 1. The molecule has 1 unspecified atom stereocenters. The van der Waals surface area contributed by atoms with Crippen LogP contribution in [-0.4, -0.2) is 48.3 Å². The summed E-state index contributed by atoms with van der Waals surface area (Å²) < 4.78 is 25.3. The van der Waals surface area contributed by atoms with Crippen molar-refractivity contribution in [2.75, 3.05) is 12.8 Å². The average Bonchev–Trinajstić information content (AvgIpc) is 3.17.